The van der Waals surface area contributed by atoms with Crippen LogP contribution in [0.4, 0.5) is 4.39 Å². The lowest BCUT2D eigenvalue weighted by molar-refractivity contribution is 0.0919. The van der Waals surface area contributed by atoms with Gasteiger partial charge in [0, 0.05) is 5.54 Å². The topological polar surface area (TPSA) is 89.3 Å². The molecule has 0 atom stereocenters. The predicted molar refractivity (Wildman–Crippen MR) is 75.0 cm³/mol. The summed E-state index contributed by atoms with van der Waals surface area (Å²) in [5.41, 5.74) is -0.967. The van der Waals surface area contributed by atoms with Crippen molar-refractivity contribution in [2.75, 3.05) is 0 Å². The lowest BCUT2D eigenvalue weighted by Crippen LogP contribution is -2.40. The largest absolute Gasteiger partial charge is 0.347 e. The molecule has 112 valence electrons. The molecule has 20 heavy (non-hydrogen) atoms. The van der Waals surface area contributed by atoms with E-state index in [-0.39, 0.29) is 5.56 Å². The third-order valence-electron chi connectivity index (χ3n) is 2.13. The molecule has 0 saturated heterocycles. The second-order valence-electron chi connectivity index (χ2n) is 5.11. The summed E-state index contributed by atoms with van der Waals surface area (Å²) in [6, 6.07) is 0.764. The zero-order valence-corrected chi connectivity index (χ0v) is 13.2. The van der Waals surface area contributed by atoms with Gasteiger partial charge in [-0.2, -0.15) is 0 Å². The van der Waals surface area contributed by atoms with E-state index in [4.69, 9.17) is 28.3 Å². The molecule has 0 aliphatic carbocycles. The molecule has 0 unspecified atom stereocenters. The Hall–Kier alpha value is -0.890. The lowest BCUT2D eigenvalue weighted by Gasteiger charge is -2.21. The van der Waals surface area contributed by atoms with Crippen LogP contribution in [0.5, 0.6) is 0 Å². The minimum atomic E-state index is -4.37. The summed E-state index contributed by atoms with van der Waals surface area (Å²) in [4.78, 5) is 11.2. The molecule has 0 aromatic heterocycles. The molecule has 0 heterocycles. The fourth-order valence-corrected chi connectivity index (χ4v) is 3.19. The Morgan fingerprint density at radius 1 is 1.30 bits per heavy atom. The molecule has 1 rings (SSSR count). The van der Waals surface area contributed by atoms with Gasteiger partial charge >= 0.3 is 0 Å². The highest BCUT2D eigenvalue weighted by molar-refractivity contribution is 7.89. The summed E-state index contributed by atoms with van der Waals surface area (Å²) in [6.45, 7) is 5.10. The van der Waals surface area contributed by atoms with E-state index in [9.17, 15) is 17.6 Å². The zero-order chi connectivity index (χ0) is 15.9. The van der Waals surface area contributed by atoms with Crippen molar-refractivity contribution in [1.29, 1.82) is 0 Å². The molecule has 0 aliphatic rings. The number of carbonyl (C=O) groups excluding carboxylic acids is 1. The number of primary sulfonamides is 1. The van der Waals surface area contributed by atoms with Crippen LogP contribution in [0.1, 0.15) is 31.1 Å². The molecule has 0 spiro atoms. The number of sulfonamides is 1. The number of hydrogen-bond donors (Lipinski definition) is 2. The van der Waals surface area contributed by atoms with Crippen LogP contribution in [-0.4, -0.2) is 19.9 Å². The van der Waals surface area contributed by atoms with Crippen LogP contribution in [0.3, 0.4) is 0 Å². The Kier molecular flexibility index (Phi) is 4.70. The van der Waals surface area contributed by atoms with E-state index in [1.54, 1.807) is 20.8 Å². The summed E-state index contributed by atoms with van der Waals surface area (Å²) in [7, 11) is -4.37. The molecule has 0 bridgehead atoms. The van der Waals surface area contributed by atoms with E-state index < -0.39 is 42.2 Å². The Balaban J connectivity index is 3.53. The van der Waals surface area contributed by atoms with Crippen LogP contribution >= 0.6 is 23.2 Å². The second kappa shape index (κ2) is 5.48. The van der Waals surface area contributed by atoms with Gasteiger partial charge in [-0.05, 0) is 26.8 Å². The maximum absolute atomic E-state index is 13.7. The maximum Gasteiger partial charge on any atom is 0.253 e. The predicted octanol–water partition coefficient (Wildman–Crippen LogP) is 2.31. The summed E-state index contributed by atoms with van der Waals surface area (Å²) >= 11 is 11.4. The Morgan fingerprint density at radius 3 is 2.20 bits per heavy atom. The van der Waals surface area contributed by atoms with Gasteiger partial charge < -0.3 is 5.32 Å². The average molecular weight is 343 g/mol. The van der Waals surface area contributed by atoms with Gasteiger partial charge in [-0.1, -0.05) is 23.2 Å². The number of halogens is 3. The quantitative estimate of drug-likeness (QED) is 0.808. The van der Waals surface area contributed by atoms with Gasteiger partial charge in [0.15, 0.2) is 0 Å². The van der Waals surface area contributed by atoms with Gasteiger partial charge in [-0.3, -0.25) is 4.79 Å². The molecule has 0 saturated carbocycles. The fraction of sp³-hybridized carbons (Fsp3) is 0.364. The van der Waals surface area contributed by atoms with E-state index >= 15 is 0 Å². The van der Waals surface area contributed by atoms with Crippen molar-refractivity contribution in [3.05, 3.63) is 27.5 Å². The van der Waals surface area contributed by atoms with E-state index in [1.165, 1.54) is 0 Å². The third-order valence-corrected chi connectivity index (χ3v) is 4.10. The number of amides is 1. The van der Waals surface area contributed by atoms with E-state index in [2.05, 4.69) is 5.32 Å². The minimum absolute atomic E-state index is 0.354. The van der Waals surface area contributed by atoms with Gasteiger partial charge in [-0.15, -0.1) is 0 Å². The molecular formula is C11H13Cl2FN2O3S. The first-order chi connectivity index (χ1) is 8.84. The standard InChI is InChI=1S/C11H13Cl2FN2O3S/c1-11(2,3)16-10(17)5-4-6(14)8(13)9(7(5)12)20(15,18)19/h4H,1-3H3,(H,16,17)(H2,15,18,19). The van der Waals surface area contributed by atoms with E-state index in [0.29, 0.717) is 0 Å². The summed E-state index contributed by atoms with van der Waals surface area (Å²) < 4.78 is 36.4. The van der Waals surface area contributed by atoms with Gasteiger partial charge in [0.25, 0.3) is 5.91 Å². The number of nitrogens with two attached hydrogens (primary N) is 1. The molecule has 1 amide bonds. The Labute approximate surface area is 126 Å². The molecule has 0 radical (unpaired) electrons. The smallest absolute Gasteiger partial charge is 0.253 e. The molecule has 9 heteroatoms. The average Bonchev–Trinajstić information content (AvgIpc) is 2.18. The van der Waals surface area contributed by atoms with Gasteiger partial charge in [0.1, 0.15) is 10.7 Å². The Bertz CT molecular complexity index is 669. The van der Waals surface area contributed by atoms with Crippen molar-refractivity contribution in [3.63, 3.8) is 0 Å². The molecule has 3 N–H and O–H groups in total. The van der Waals surface area contributed by atoms with Crippen molar-refractivity contribution >= 4 is 39.1 Å². The number of rotatable bonds is 2. The number of benzene rings is 1. The van der Waals surface area contributed by atoms with E-state index in [0.717, 1.165) is 6.07 Å². The first-order valence-electron chi connectivity index (χ1n) is 5.37. The maximum atomic E-state index is 13.7. The van der Waals surface area contributed by atoms with Crippen LogP contribution < -0.4 is 10.5 Å². The number of nitrogens with one attached hydrogen (secondary N) is 1. The first-order valence-corrected chi connectivity index (χ1v) is 7.67. The van der Waals surface area contributed by atoms with E-state index in [1.807, 2.05) is 0 Å². The highest BCUT2D eigenvalue weighted by Crippen LogP contribution is 2.33. The minimum Gasteiger partial charge on any atom is -0.347 e. The summed E-state index contributed by atoms with van der Waals surface area (Å²) in [5, 5.41) is 6.20. The molecular weight excluding hydrogens is 330 g/mol. The first kappa shape index (κ1) is 17.2. The van der Waals surface area contributed by atoms with Gasteiger partial charge in [0.2, 0.25) is 10.0 Å². The fourth-order valence-electron chi connectivity index (χ4n) is 1.40. The number of carbonyl (C=O) groups is 1. The van der Waals surface area contributed by atoms with Crippen LogP contribution in [0.15, 0.2) is 11.0 Å². The summed E-state index contributed by atoms with van der Waals surface area (Å²) in [5.74, 6) is -1.83. The van der Waals surface area contributed by atoms with Crippen molar-refractivity contribution in [2.45, 2.75) is 31.2 Å². The molecule has 1 aromatic carbocycles. The highest BCUT2D eigenvalue weighted by Gasteiger charge is 2.27. The van der Waals surface area contributed by atoms with Crippen molar-refractivity contribution in [2.24, 2.45) is 5.14 Å². The van der Waals surface area contributed by atoms with Crippen LogP contribution in [0, 0.1) is 5.82 Å². The van der Waals surface area contributed by atoms with Crippen LogP contribution in [-0.2, 0) is 10.0 Å². The third kappa shape index (κ3) is 3.82. The monoisotopic (exact) mass is 342 g/mol. The molecule has 0 fully saturated rings. The SMILES string of the molecule is CC(C)(C)NC(=O)c1cc(F)c(Cl)c(S(N)(=O)=O)c1Cl. The van der Waals surface area contributed by atoms with Crippen molar-refractivity contribution in [3.8, 4) is 0 Å². The second-order valence-corrected chi connectivity index (χ2v) is 7.37. The molecule has 1 aromatic rings. The summed E-state index contributed by atoms with van der Waals surface area (Å²) in [6.07, 6.45) is 0. The number of hydrogen-bond acceptors (Lipinski definition) is 3. The molecule has 0 aliphatic heterocycles. The highest BCUT2D eigenvalue weighted by atomic mass is 35.5. The van der Waals surface area contributed by atoms with Crippen LogP contribution in [0.25, 0.3) is 0 Å². The van der Waals surface area contributed by atoms with Crippen molar-refractivity contribution < 1.29 is 17.6 Å². The van der Waals surface area contributed by atoms with Crippen LogP contribution in [0.2, 0.25) is 10.0 Å². The van der Waals surface area contributed by atoms with Gasteiger partial charge in [0.05, 0.1) is 15.6 Å². The zero-order valence-electron chi connectivity index (χ0n) is 10.9. The lowest BCUT2D eigenvalue weighted by atomic mass is 10.1. The van der Waals surface area contributed by atoms with Crippen molar-refractivity contribution in [1.82, 2.24) is 5.32 Å². The van der Waals surface area contributed by atoms with Gasteiger partial charge in [-0.25, -0.2) is 17.9 Å². The normalized spacial score (nSPS) is 12.3. The Morgan fingerprint density at radius 2 is 1.80 bits per heavy atom. The molecule has 5 nitrogen and oxygen atoms in total.